The molecule has 0 aliphatic carbocycles. The Bertz CT molecular complexity index is 407. The van der Waals surface area contributed by atoms with E-state index >= 15 is 0 Å². The van der Waals surface area contributed by atoms with E-state index in [1.54, 1.807) is 0 Å². The number of nitrogens with zero attached hydrogens (tertiary/aromatic N) is 1. The summed E-state index contributed by atoms with van der Waals surface area (Å²) >= 11 is 0. The molecule has 98 valence electrons. The SMILES string of the molecule is Cc1cc(C)cc(NC2CCN3CCCCC23)c1. The number of anilines is 1. The number of fused-ring (bicyclic) bond motifs is 1. The minimum absolute atomic E-state index is 0.659. The third-order valence-corrected chi connectivity index (χ3v) is 4.43. The summed E-state index contributed by atoms with van der Waals surface area (Å²) in [6.07, 6.45) is 5.49. The zero-order chi connectivity index (χ0) is 12.5. The molecule has 2 aliphatic heterocycles. The Morgan fingerprint density at radius 1 is 1.00 bits per heavy atom. The summed E-state index contributed by atoms with van der Waals surface area (Å²) in [5, 5.41) is 3.78. The Balaban J connectivity index is 1.72. The summed E-state index contributed by atoms with van der Waals surface area (Å²) < 4.78 is 0. The number of hydrogen-bond acceptors (Lipinski definition) is 2. The molecule has 2 heteroatoms. The number of rotatable bonds is 2. The molecule has 0 spiro atoms. The van der Waals surface area contributed by atoms with E-state index in [-0.39, 0.29) is 0 Å². The molecule has 1 aromatic rings. The molecule has 0 bridgehead atoms. The second-order valence-corrected chi connectivity index (χ2v) is 6.01. The van der Waals surface area contributed by atoms with Crippen LogP contribution in [0, 0.1) is 13.8 Å². The molecule has 2 nitrogen and oxygen atoms in total. The van der Waals surface area contributed by atoms with Crippen molar-refractivity contribution in [1.29, 1.82) is 0 Å². The van der Waals surface area contributed by atoms with Gasteiger partial charge in [0.1, 0.15) is 0 Å². The number of aryl methyl sites for hydroxylation is 2. The van der Waals surface area contributed by atoms with E-state index in [0.29, 0.717) is 6.04 Å². The van der Waals surface area contributed by atoms with Gasteiger partial charge in [-0.05, 0) is 62.9 Å². The molecule has 1 aromatic carbocycles. The zero-order valence-electron chi connectivity index (χ0n) is 11.6. The first-order valence-electron chi connectivity index (χ1n) is 7.31. The third-order valence-electron chi connectivity index (χ3n) is 4.43. The predicted octanol–water partition coefficient (Wildman–Crippen LogP) is 3.34. The highest BCUT2D eigenvalue weighted by atomic mass is 15.2. The van der Waals surface area contributed by atoms with Crippen LogP contribution in [0.3, 0.4) is 0 Å². The highest BCUT2D eigenvalue weighted by molar-refractivity contribution is 5.49. The molecule has 0 radical (unpaired) electrons. The van der Waals surface area contributed by atoms with Gasteiger partial charge in [0.05, 0.1) is 0 Å². The van der Waals surface area contributed by atoms with Crippen molar-refractivity contribution in [3.63, 3.8) is 0 Å². The molecule has 2 atom stereocenters. The molecule has 3 rings (SSSR count). The molecule has 0 aromatic heterocycles. The number of hydrogen-bond donors (Lipinski definition) is 1. The lowest BCUT2D eigenvalue weighted by Gasteiger charge is -2.33. The smallest absolute Gasteiger partial charge is 0.0429 e. The Morgan fingerprint density at radius 2 is 1.78 bits per heavy atom. The monoisotopic (exact) mass is 244 g/mol. The summed E-state index contributed by atoms with van der Waals surface area (Å²) in [4.78, 5) is 2.68. The lowest BCUT2D eigenvalue weighted by molar-refractivity contribution is 0.193. The third kappa shape index (κ3) is 2.39. The second-order valence-electron chi connectivity index (χ2n) is 6.01. The van der Waals surface area contributed by atoms with Crippen LogP contribution in [-0.2, 0) is 0 Å². The Labute approximate surface area is 110 Å². The quantitative estimate of drug-likeness (QED) is 0.858. The largest absolute Gasteiger partial charge is 0.381 e. The fourth-order valence-corrected chi connectivity index (χ4v) is 3.69. The summed E-state index contributed by atoms with van der Waals surface area (Å²) in [5.41, 5.74) is 4.02. The van der Waals surface area contributed by atoms with Gasteiger partial charge in [-0.25, -0.2) is 0 Å². The van der Waals surface area contributed by atoms with Crippen LogP contribution in [0.25, 0.3) is 0 Å². The molecule has 2 fully saturated rings. The van der Waals surface area contributed by atoms with Crippen molar-refractivity contribution in [2.75, 3.05) is 18.4 Å². The van der Waals surface area contributed by atoms with Crippen LogP contribution in [0.4, 0.5) is 5.69 Å². The van der Waals surface area contributed by atoms with E-state index in [1.807, 2.05) is 0 Å². The zero-order valence-corrected chi connectivity index (χ0v) is 11.6. The van der Waals surface area contributed by atoms with E-state index in [0.717, 1.165) is 6.04 Å². The molecule has 2 heterocycles. The van der Waals surface area contributed by atoms with Crippen molar-refractivity contribution in [2.24, 2.45) is 0 Å². The molecule has 2 saturated heterocycles. The lowest BCUT2D eigenvalue weighted by Crippen LogP contribution is -2.41. The van der Waals surface area contributed by atoms with Gasteiger partial charge in [0, 0.05) is 24.3 Å². The highest BCUT2D eigenvalue weighted by Crippen LogP contribution is 2.29. The summed E-state index contributed by atoms with van der Waals surface area (Å²) in [6, 6.07) is 8.23. The lowest BCUT2D eigenvalue weighted by atomic mass is 9.98. The van der Waals surface area contributed by atoms with Gasteiger partial charge >= 0.3 is 0 Å². The predicted molar refractivity (Wildman–Crippen MR) is 77.2 cm³/mol. The molecule has 2 unspecified atom stereocenters. The fraction of sp³-hybridized carbons (Fsp3) is 0.625. The first-order valence-corrected chi connectivity index (χ1v) is 7.31. The number of benzene rings is 1. The maximum Gasteiger partial charge on any atom is 0.0429 e. The maximum absolute atomic E-state index is 3.78. The van der Waals surface area contributed by atoms with Crippen molar-refractivity contribution >= 4 is 5.69 Å². The van der Waals surface area contributed by atoms with Crippen LogP contribution >= 0.6 is 0 Å². The van der Waals surface area contributed by atoms with Gasteiger partial charge in [-0.2, -0.15) is 0 Å². The van der Waals surface area contributed by atoms with Gasteiger partial charge in [-0.3, -0.25) is 4.90 Å². The molecule has 18 heavy (non-hydrogen) atoms. The van der Waals surface area contributed by atoms with Crippen molar-refractivity contribution in [3.05, 3.63) is 29.3 Å². The second kappa shape index (κ2) is 4.93. The Hall–Kier alpha value is -1.02. The van der Waals surface area contributed by atoms with Crippen LogP contribution in [0.1, 0.15) is 36.8 Å². The van der Waals surface area contributed by atoms with Gasteiger partial charge in [-0.1, -0.05) is 12.5 Å². The van der Waals surface area contributed by atoms with Crippen LogP contribution in [-0.4, -0.2) is 30.1 Å². The minimum atomic E-state index is 0.659. The summed E-state index contributed by atoms with van der Waals surface area (Å²) in [5.74, 6) is 0. The van der Waals surface area contributed by atoms with Gasteiger partial charge in [0.15, 0.2) is 0 Å². The van der Waals surface area contributed by atoms with Crippen LogP contribution in [0.2, 0.25) is 0 Å². The van der Waals surface area contributed by atoms with Crippen molar-refractivity contribution in [1.82, 2.24) is 4.90 Å². The van der Waals surface area contributed by atoms with E-state index < -0.39 is 0 Å². The van der Waals surface area contributed by atoms with Gasteiger partial charge in [-0.15, -0.1) is 0 Å². The van der Waals surface area contributed by atoms with E-state index in [9.17, 15) is 0 Å². The molecule has 1 N–H and O–H groups in total. The van der Waals surface area contributed by atoms with Crippen molar-refractivity contribution < 1.29 is 0 Å². The molecular weight excluding hydrogens is 220 g/mol. The van der Waals surface area contributed by atoms with Gasteiger partial charge in [0.2, 0.25) is 0 Å². The van der Waals surface area contributed by atoms with Crippen molar-refractivity contribution in [3.8, 4) is 0 Å². The average Bonchev–Trinajstić information content (AvgIpc) is 2.72. The van der Waals surface area contributed by atoms with Crippen LogP contribution < -0.4 is 5.32 Å². The summed E-state index contributed by atoms with van der Waals surface area (Å²) in [6.45, 7) is 6.96. The van der Waals surface area contributed by atoms with Crippen LogP contribution in [0.15, 0.2) is 18.2 Å². The maximum atomic E-state index is 3.78. The average molecular weight is 244 g/mol. The number of piperidine rings is 1. The molecule has 2 aliphatic rings. The van der Waals surface area contributed by atoms with Crippen LogP contribution in [0.5, 0.6) is 0 Å². The first-order chi connectivity index (χ1) is 8.72. The van der Waals surface area contributed by atoms with E-state index in [1.165, 1.54) is 55.6 Å². The Kier molecular flexibility index (Phi) is 3.29. The van der Waals surface area contributed by atoms with Crippen molar-refractivity contribution in [2.45, 2.75) is 51.6 Å². The molecule has 0 saturated carbocycles. The highest BCUT2D eigenvalue weighted by Gasteiger charge is 2.35. The van der Waals surface area contributed by atoms with E-state index in [2.05, 4.69) is 42.3 Å². The topological polar surface area (TPSA) is 15.3 Å². The number of nitrogens with one attached hydrogen (secondary N) is 1. The standard InChI is InChI=1S/C16H24N2/c1-12-9-13(2)11-14(10-12)17-15-6-8-18-7-4-3-5-16(15)18/h9-11,15-17H,3-8H2,1-2H3. The molecular formula is C16H24N2. The van der Waals surface area contributed by atoms with Gasteiger partial charge < -0.3 is 5.32 Å². The fourth-order valence-electron chi connectivity index (χ4n) is 3.69. The van der Waals surface area contributed by atoms with E-state index in [4.69, 9.17) is 0 Å². The summed E-state index contributed by atoms with van der Waals surface area (Å²) in [7, 11) is 0. The Morgan fingerprint density at radius 3 is 2.56 bits per heavy atom. The molecule has 0 amide bonds. The minimum Gasteiger partial charge on any atom is -0.381 e. The first kappa shape index (κ1) is 12.0. The normalized spacial score (nSPS) is 28.1. The van der Waals surface area contributed by atoms with Gasteiger partial charge in [0.25, 0.3) is 0 Å².